The standard InChI is InChI=1S/C22H29N3O4/c1-15-10-11-18(16(2)14-15)23-22(27)24-21(26)17(3)25(4)12-13-29-20-9-7-6-8-19(20)28-5/h6-11,14,17H,12-13H2,1-5H3,(H2,23,24,26,27). The summed E-state index contributed by atoms with van der Waals surface area (Å²) in [5, 5.41) is 5.10. The molecule has 7 heteroatoms. The molecule has 0 fully saturated rings. The lowest BCUT2D eigenvalue weighted by Crippen LogP contribution is -2.47. The Bertz CT molecular complexity index is 854. The molecule has 29 heavy (non-hydrogen) atoms. The fraction of sp³-hybridized carbons (Fsp3) is 0.364. The normalized spacial score (nSPS) is 11.7. The quantitative estimate of drug-likeness (QED) is 0.712. The molecule has 0 bridgehead atoms. The molecule has 0 aromatic heterocycles. The minimum absolute atomic E-state index is 0.378. The van der Waals surface area contributed by atoms with Crippen molar-refractivity contribution in [2.45, 2.75) is 26.8 Å². The monoisotopic (exact) mass is 399 g/mol. The number of carbonyl (C=O) groups is 2. The minimum atomic E-state index is -0.549. The summed E-state index contributed by atoms with van der Waals surface area (Å²) < 4.78 is 11.0. The zero-order valence-corrected chi connectivity index (χ0v) is 17.6. The maximum absolute atomic E-state index is 12.4. The first-order chi connectivity index (χ1) is 13.8. The Labute approximate surface area is 172 Å². The van der Waals surface area contributed by atoms with Crippen molar-refractivity contribution in [3.05, 3.63) is 53.6 Å². The number of benzene rings is 2. The summed E-state index contributed by atoms with van der Waals surface area (Å²) in [6, 6.07) is 12.0. The second-order valence-corrected chi connectivity index (χ2v) is 6.92. The lowest BCUT2D eigenvalue weighted by atomic mass is 10.1. The van der Waals surface area contributed by atoms with Gasteiger partial charge >= 0.3 is 6.03 Å². The second-order valence-electron chi connectivity index (χ2n) is 6.92. The summed E-state index contributed by atoms with van der Waals surface area (Å²) >= 11 is 0. The number of hydrogen-bond donors (Lipinski definition) is 2. The summed E-state index contributed by atoms with van der Waals surface area (Å²) in [6.45, 7) is 6.51. The van der Waals surface area contributed by atoms with Crippen molar-refractivity contribution in [3.8, 4) is 11.5 Å². The molecule has 2 aromatic rings. The number of rotatable bonds is 8. The average Bonchev–Trinajstić information content (AvgIpc) is 2.69. The maximum atomic E-state index is 12.4. The van der Waals surface area contributed by atoms with Gasteiger partial charge in [-0.15, -0.1) is 0 Å². The molecule has 3 amide bonds. The SMILES string of the molecule is COc1ccccc1OCCN(C)C(C)C(=O)NC(=O)Nc1ccc(C)cc1C. The molecule has 0 spiro atoms. The number of aryl methyl sites for hydroxylation is 2. The van der Waals surface area contributed by atoms with Crippen LogP contribution >= 0.6 is 0 Å². The van der Waals surface area contributed by atoms with E-state index in [0.717, 1.165) is 11.1 Å². The Morgan fingerprint density at radius 3 is 2.45 bits per heavy atom. The number of ether oxygens (including phenoxy) is 2. The van der Waals surface area contributed by atoms with Crippen molar-refractivity contribution < 1.29 is 19.1 Å². The molecule has 0 saturated carbocycles. The van der Waals surface area contributed by atoms with Crippen LogP contribution in [0.2, 0.25) is 0 Å². The lowest BCUT2D eigenvalue weighted by molar-refractivity contribution is -0.124. The fourth-order valence-corrected chi connectivity index (χ4v) is 2.76. The Kier molecular flexibility index (Phi) is 8.03. The van der Waals surface area contributed by atoms with Crippen LogP contribution in [0, 0.1) is 13.8 Å². The third kappa shape index (κ3) is 6.50. The van der Waals surface area contributed by atoms with E-state index in [-0.39, 0.29) is 5.91 Å². The number of methoxy groups -OCH3 is 1. The number of nitrogens with zero attached hydrogens (tertiary/aromatic N) is 1. The average molecular weight is 399 g/mol. The Balaban J connectivity index is 1.81. The van der Waals surface area contributed by atoms with E-state index >= 15 is 0 Å². The molecular formula is C22H29N3O4. The number of urea groups is 1. The van der Waals surface area contributed by atoms with Gasteiger partial charge in [0.1, 0.15) is 6.61 Å². The van der Waals surface area contributed by atoms with Gasteiger partial charge in [-0.05, 0) is 51.6 Å². The third-order valence-electron chi connectivity index (χ3n) is 4.68. The predicted molar refractivity (Wildman–Crippen MR) is 114 cm³/mol. The number of imide groups is 1. The van der Waals surface area contributed by atoms with Crippen LogP contribution in [0.1, 0.15) is 18.1 Å². The van der Waals surface area contributed by atoms with E-state index in [1.165, 1.54) is 0 Å². The Morgan fingerprint density at radius 1 is 1.10 bits per heavy atom. The van der Waals surface area contributed by atoms with Crippen LogP contribution in [0.15, 0.2) is 42.5 Å². The van der Waals surface area contributed by atoms with Gasteiger partial charge in [-0.3, -0.25) is 15.0 Å². The maximum Gasteiger partial charge on any atom is 0.325 e. The van der Waals surface area contributed by atoms with E-state index in [2.05, 4.69) is 10.6 Å². The molecule has 2 rings (SSSR count). The van der Waals surface area contributed by atoms with Crippen LogP contribution < -0.4 is 20.1 Å². The molecule has 0 radical (unpaired) electrons. The van der Waals surface area contributed by atoms with E-state index in [1.807, 2.05) is 61.2 Å². The van der Waals surface area contributed by atoms with E-state index in [9.17, 15) is 9.59 Å². The molecule has 0 saturated heterocycles. The smallest absolute Gasteiger partial charge is 0.325 e. The van der Waals surface area contributed by atoms with Gasteiger partial charge in [-0.25, -0.2) is 4.79 Å². The van der Waals surface area contributed by atoms with Crippen LogP contribution in [0.3, 0.4) is 0 Å². The van der Waals surface area contributed by atoms with Gasteiger partial charge in [-0.2, -0.15) is 0 Å². The summed E-state index contributed by atoms with van der Waals surface area (Å²) in [5.41, 5.74) is 2.72. The molecule has 0 aliphatic carbocycles. The van der Waals surface area contributed by atoms with Crippen LogP contribution in [0.4, 0.5) is 10.5 Å². The zero-order valence-electron chi connectivity index (χ0n) is 17.6. The Hall–Kier alpha value is -3.06. The number of carbonyl (C=O) groups excluding carboxylic acids is 2. The molecule has 0 aliphatic rings. The topological polar surface area (TPSA) is 79.9 Å². The first-order valence-corrected chi connectivity index (χ1v) is 9.47. The van der Waals surface area contributed by atoms with Gasteiger partial charge in [0.2, 0.25) is 5.91 Å². The predicted octanol–water partition coefficient (Wildman–Crippen LogP) is 3.36. The highest BCUT2D eigenvalue weighted by molar-refractivity contribution is 6.03. The number of nitrogens with one attached hydrogen (secondary N) is 2. The molecule has 0 heterocycles. The first kappa shape index (κ1) is 22.2. The molecular weight excluding hydrogens is 370 g/mol. The third-order valence-corrected chi connectivity index (χ3v) is 4.68. The zero-order chi connectivity index (χ0) is 21.4. The van der Waals surface area contributed by atoms with E-state index in [0.29, 0.717) is 30.3 Å². The number of anilines is 1. The van der Waals surface area contributed by atoms with Gasteiger partial charge < -0.3 is 14.8 Å². The van der Waals surface area contributed by atoms with E-state index in [1.54, 1.807) is 21.1 Å². The van der Waals surface area contributed by atoms with Crippen LogP contribution in [-0.2, 0) is 4.79 Å². The Morgan fingerprint density at radius 2 is 1.79 bits per heavy atom. The van der Waals surface area contributed by atoms with Crippen molar-refractivity contribution in [2.24, 2.45) is 0 Å². The second kappa shape index (κ2) is 10.5. The van der Waals surface area contributed by atoms with Crippen LogP contribution in [0.25, 0.3) is 0 Å². The molecule has 2 N–H and O–H groups in total. The number of amides is 3. The lowest BCUT2D eigenvalue weighted by Gasteiger charge is -2.23. The highest BCUT2D eigenvalue weighted by atomic mass is 16.5. The van der Waals surface area contributed by atoms with Crippen LogP contribution in [-0.4, -0.2) is 50.2 Å². The summed E-state index contributed by atoms with van der Waals surface area (Å²) in [7, 11) is 3.39. The number of hydrogen-bond acceptors (Lipinski definition) is 5. The van der Waals surface area contributed by atoms with Gasteiger partial charge in [-0.1, -0.05) is 29.8 Å². The van der Waals surface area contributed by atoms with E-state index < -0.39 is 12.1 Å². The van der Waals surface area contributed by atoms with Crippen molar-refractivity contribution in [3.63, 3.8) is 0 Å². The molecule has 7 nitrogen and oxygen atoms in total. The van der Waals surface area contributed by atoms with Gasteiger partial charge in [0, 0.05) is 12.2 Å². The molecule has 0 aliphatic heterocycles. The highest BCUT2D eigenvalue weighted by Gasteiger charge is 2.20. The van der Waals surface area contributed by atoms with Gasteiger partial charge in [0.05, 0.1) is 13.2 Å². The van der Waals surface area contributed by atoms with Crippen molar-refractivity contribution >= 4 is 17.6 Å². The summed E-state index contributed by atoms with van der Waals surface area (Å²) in [4.78, 5) is 26.4. The number of likely N-dealkylation sites (N-methyl/N-ethyl adjacent to an activating group) is 1. The van der Waals surface area contributed by atoms with Crippen LogP contribution in [0.5, 0.6) is 11.5 Å². The number of para-hydroxylation sites is 2. The van der Waals surface area contributed by atoms with E-state index in [4.69, 9.17) is 9.47 Å². The van der Waals surface area contributed by atoms with Gasteiger partial charge in [0.15, 0.2) is 11.5 Å². The largest absolute Gasteiger partial charge is 0.493 e. The molecule has 156 valence electrons. The molecule has 1 atom stereocenters. The summed E-state index contributed by atoms with van der Waals surface area (Å²) in [5.74, 6) is 0.921. The molecule has 1 unspecified atom stereocenters. The van der Waals surface area contributed by atoms with Crippen molar-refractivity contribution in [1.82, 2.24) is 10.2 Å². The first-order valence-electron chi connectivity index (χ1n) is 9.47. The van der Waals surface area contributed by atoms with Crippen molar-refractivity contribution in [1.29, 1.82) is 0 Å². The highest BCUT2D eigenvalue weighted by Crippen LogP contribution is 2.25. The minimum Gasteiger partial charge on any atom is -0.493 e. The van der Waals surface area contributed by atoms with Crippen molar-refractivity contribution in [2.75, 3.05) is 32.6 Å². The van der Waals surface area contributed by atoms with Gasteiger partial charge in [0.25, 0.3) is 0 Å². The molecule has 2 aromatic carbocycles. The fourth-order valence-electron chi connectivity index (χ4n) is 2.76. The summed E-state index contributed by atoms with van der Waals surface area (Å²) in [6.07, 6.45) is 0.